The van der Waals surface area contributed by atoms with Crippen LogP contribution in [0.15, 0.2) is 83.0 Å². The van der Waals surface area contributed by atoms with E-state index in [0.29, 0.717) is 6.07 Å². The van der Waals surface area contributed by atoms with Crippen molar-refractivity contribution in [1.29, 1.82) is 0 Å². The van der Waals surface area contributed by atoms with Crippen molar-refractivity contribution >= 4 is 32.4 Å². The Bertz CT molecular complexity index is 1280. The van der Waals surface area contributed by atoms with Gasteiger partial charge in [-0.1, -0.05) is 35.9 Å². The van der Waals surface area contributed by atoms with Gasteiger partial charge in [0, 0.05) is 29.9 Å². The van der Waals surface area contributed by atoms with E-state index in [1.165, 1.54) is 18.4 Å². The molecular formula is C20H14ClF2N3O3S. The van der Waals surface area contributed by atoms with E-state index in [-0.39, 0.29) is 10.9 Å². The average molecular weight is 450 g/mol. The molecule has 0 saturated heterocycles. The van der Waals surface area contributed by atoms with E-state index in [0.717, 1.165) is 27.9 Å². The van der Waals surface area contributed by atoms with E-state index in [1.54, 1.807) is 12.3 Å². The van der Waals surface area contributed by atoms with Gasteiger partial charge in [-0.15, -0.1) is 4.83 Å². The summed E-state index contributed by atoms with van der Waals surface area (Å²) in [5.41, 5.74) is 0. The Morgan fingerprint density at radius 3 is 2.63 bits per heavy atom. The summed E-state index contributed by atoms with van der Waals surface area (Å²) in [5, 5.41) is 2.99. The Balaban J connectivity index is 1.61. The summed E-state index contributed by atoms with van der Waals surface area (Å²) in [4.78, 5) is 5.68. The molecule has 0 spiro atoms. The van der Waals surface area contributed by atoms with Crippen LogP contribution in [-0.2, 0) is 10.0 Å². The van der Waals surface area contributed by atoms with Gasteiger partial charge in [-0.05, 0) is 29.7 Å². The van der Waals surface area contributed by atoms with Gasteiger partial charge in [-0.3, -0.25) is 5.01 Å². The third-order valence-corrected chi connectivity index (χ3v) is 5.91. The number of hydrogen-bond acceptors (Lipinski definition) is 5. The summed E-state index contributed by atoms with van der Waals surface area (Å²) >= 11 is 6.23. The molecule has 1 unspecified atom stereocenters. The molecule has 154 valence electrons. The molecule has 1 N–H and O–H groups in total. The Labute approximate surface area is 176 Å². The lowest BCUT2D eigenvalue weighted by atomic mass is 10.2. The lowest BCUT2D eigenvalue weighted by molar-refractivity contribution is 0.0758. The Kier molecular flexibility index (Phi) is 5.42. The summed E-state index contributed by atoms with van der Waals surface area (Å²) in [7, 11) is -4.39. The number of halogens is 3. The molecule has 2 heterocycles. The molecule has 0 aliphatic carbocycles. The van der Waals surface area contributed by atoms with Crippen LogP contribution in [0.2, 0.25) is 0 Å². The Hall–Kier alpha value is -3.01. The number of aromatic nitrogens is 1. The fourth-order valence-corrected chi connectivity index (χ4v) is 4.15. The van der Waals surface area contributed by atoms with Gasteiger partial charge in [0.1, 0.15) is 16.5 Å². The first-order valence-electron chi connectivity index (χ1n) is 8.65. The van der Waals surface area contributed by atoms with E-state index >= 15 is 0 Å². The quantitative estimate of drug-likeness (QED) is 0.636. The number of ether oxygens (including phenoxy) is 1. The van der Waals surface area contributed by atoms with Crippen LogP contribution in [0.25, 0.3) is 10.8 Å². The number of benzene rings is 2. The van der Waals surface area contributed by atoms with Crippen molar-refractivity contribution < 1.29 is 21.9 Å². The van der Waals surface area contributed by atoms with Gasteiger partial charge in [-0.25, -0.2) is 22.2 Å². The van der Waals surface area contributed by atoms with Gasteiger partial charge in [0.25, 0.3) is 10.0 Å². The third kappa shape index (κ3) is 4.13. The van der Waals surface area contributed by atoms with Crippen molar-refractivity contribution in [3.63, 3.8) is 0 Å². The van der Waals surface area contributed by atoms with Gasteiger partial charge >= 0.3 is 0 Å². The molecule has 1 aliphatic rings. The summed E-state index contributed by atoms with van der Waals surface area (Å²) < 4.78 is 58.2. The minimum atomic E-state index is -4.39. The van der Waals surface area contributed by atoms with E-state index in [9.17, 15) is 17.2 Å². The largest absolute Gasteiger partial charge is 0.447 e. The van der Waals surface area contributed by atoms with Gasteiger partial charge in [-0.2, -0.15) is 0 Å². The highest BCUT2D eigenvalue weighted by Gasteiger charge is 2.29. The number of fused-ring (bicyclic) bond motifs is 1. The van der Waals surface area contributed by atoms with Crippen LogP contribution >= 0.6 is 11.6 Å². The monoisotopic (exact) mass is 449 g/mol. The van der Waals surface area contributed by atoms with Gasteiger partial charge in [0.05, 0.1) is 5.03 Å². The van der Waals surface area contributed by atoms with Crippen LogP contribution in [-0.4, -0.2) is 24.6 Å². The molecule has 1 aromatic heterocycles. The average Bonchev–Trinajstić information content (AvgIpc) is 2.70. The van der Waals surface area contributed by atoms with Crippen molar-refractivity contribution in [3.05, 3.63) is 89.7 Å². The van der Waals surface area contributed by atoms with Crippen LogP contribution < -0.4 is 9.57 Å². The molecule has 0 saturated carbocycles. The van der Waals surface area contributed by atoms with Gasteiger partial charge in [0.2, 0.25) is 12.1 Å². The highest BCUT2D eigenvalue weighted by atomic mass is 35.5. The third-order valence-electron chi connectivity index (χ3n) is 4.24. The van der Waals surface area contributed by atoms with Gasteiger partial charge in [0.15, 0.2) is 0 Å². The predicted molar refractivity (Wildman–Crippen MR) is 108 cm³/mol. The standard InChI is InChI=1S/C20H14ClF2N3O3S/c21-16-6-3-9-26(25-30(27,28)18-8-7-15(22)11-17(18)23)20(16)29-19-10-13-4-1-2-5-14(13)12-24-19/h1-12,20,25H. The smallest absolute Gasteiger partial charge is 0.260 e. The summed E-state index contributed by atoms with van der Waals surface area (Å²) in [6, 6.07) is 11.4. The number of rotatable bonds is 5. The van der Waals surface area contributed by atoms with E-state index in [2.05, 4.69) is 9.82 Å². The predicted octanol–water partition coefficient (Wildman–Crippen LogP) is 4.06. The van der Waals surface area contributed by atoms with Crippen molar-refractivity contribution in [3.8, 4) is 5.88 Å². The van der Waals surface area contributed by atoms with E-state index in [4.69, 9.17) is 16.3 Å². The summed E-state index contributed by atoms with van der Waals surface area (Å²) in [5.74, 6) is -1.91. The lowest BCUT2D eigenvalue weighted by Gasteiger charge is -2.31. The molecule has 1 aliphatic heterocycles. The van der Waals surface area contributed by atoms with Crippen molar-refractivity contribution in [2.24, 2.45) is 0 Å². The first kappa shape index (κ1) is 20.3. The van der Waals surface area contributed by atoms with Crippen LogP contribution in [0.4, 0.5) is 8.78 Å². The maximum Gasteiger partial charge on any atom is 0.260 e. The lowest BCUT2D eigenvalue weighted by Crippen LogP contribution is -2.49. The zero-order chi connectivity index (χ0) is 21.3. The first-order valence-corrected chi connectivity index (χ1v) is 10.5. The van der Waals surface area contributed by atoms with Crippen molar-refractivity contribution in [2.45, 2.75) is 11.1 Å². The Morgan fingerprint density at radius 1 is 1.10 bits per heavy atom. The molecule has 6 nitrogen and oxygen atoms in total. The number of hydrogen-bond donors (Lipinski definition) is 1. The molecule has 10 heteroatoms. The minimum absolute atomic E-state index is 0.162. The molecule has 3 aromatic rings. The molecular weight excluding hydrogens is 436 g/mol. The molecule has 0 amide bonds. The molecule has 0 fully saturated rings. The van der Waals surface area contributed by atoms with Crippen LogP contribution in [0.3, 0.4) is 0 Å². The summed E-state index contributed by atoms with van der Waals surface area (Å²) in [6.45, 7) is 0. The minimum Gasteiger partial charge on any atom is -0.447 e. The maximum absolute atomic E-state index is 14.0. The fourth-order valence-electron chi connectivity index (χ4n) is 2.84. The zero-order valence-corrected chi connectivity index (χ0v) is 16.7. The highest BCUT2D eigenvalue weighted by Crippen LogP contribution is 2.25. The normalized spacial score (nSPS) is 16.6. The maximum atomic E-state index is 14.0. The number of nitrogens with zero attached hydrogens (tertiary/aromatic N) is 2. The van der Waals surface area contributed by atoms with E-state index < -0.39 is 32.8 Å². The highest BCUT2D eigenvalue weighted by molar-refractivity contribution is 7.89. The zero-order valence-electron chi connectivity index (χ0n) is 15.2. The fraction of sp³-hybridized carbons (Fsp3) is 0.0500. The molecule has 30 heavy (non-hydrogen) atoms. The second-order valence-corrected chi connectivity index (χ2v) is 8.38. The molecule has 0 bridgehead atoms. The van der Waals surface area contributed by atoms with E-state index in [1.807, 2.05) is 24.3 Å². The molecule has 1 atom stereocenters. The van der Waals surface area contributed by atoms with Crippen LogP contribution in [0.5, 0.6) is 5.88 Å². The van der Waals surface area contributed by atoms with Crippen molar-refractivity contribution in [2.75, 3.05) is 0 Å². The number of hydrazine groups is 1. The first-order chi connectivity index (χ1) is 14.3. The van der Waals surface area contributed by atoms with Crippen LogP contribution in [0, 0.1) is 11.6 Å². The second kappa shape index (κ2) is 8.02. The number of allylic oxidation sites excluding steroid dienone is 2. The molecule has 4 rings (SSSR count). The van der Waals surface area contributed by atoms with Gasteiger partial charge < -0.3 is 4.74 Å². The second-order valence-electron chi connectivity index (χ2n) is 6.31. The number of sulfonamides is 1. The topological polar surface area (TPSA) is 71.5 Å². The van der Waals surface area contributed by atoms with Crippen LogP contribution in [0.1, 0.15) is 0 Å². The molecule has 2 aromatic carbocycles. The Morgan fingerprint density at radius 2 is 1.87 bits per heavy atom. The SMILES string of the molecule is O=S(=O)(NN1C=CC=C(Cl)C1Oc1cc2ccccc2cn1)c1ccc(F)cc1F. The molecule has 0 radical (unpaired) electrons. The number of pyridine rings is 1. The number of nitrogens with one attached hydrogen (secondary N) is 1. The van der Waals surface area contributed by atoms with Crippen molar-refractivity contribution in [1.82, 2.24) is 14.8 Å². The summed E-state index contributed by atoms with van der Waals surface area (Å²) in [6.07, 6.45) is 4.89.